The van der Waals surface area contributed by atoms with Crippen molar-refractivity contribution < 1.29 is 5.11 Å². The first kappa shape index (κ1) is 26.6. The first-order valence-electron chi connectivity index (χ1n) is 12.4. The van der Waals surface area contributed by atoms with Gasteiger partial charge in [-0.3, -0.25) is 20.3 Å². The molecule has 0 aromatic carbocycles. The second-order valence-electron chi connectivity index (χ2n) is 10.0. The number of aliphatic hydroxyl groups excluding tert-OH is 1. The van der Waals surface area contributed by atoms with Gasteiger partial charge in [-0.1, -0.05) is 19.9 Å². The number of nitrogens with zero attached hydrogens (tertiary/aromatic N) is 4. The number of hydrogen-bond donors (Lipinski definition) is 3. The van der Waals surface area contributed by atoms with E-state index in [1.165, 1.54) is 4.88 Å². The lowest BCUT2D eigenvalue weighted by molar-refractivity contribution is 0.228. The number of thiophene rings is 1. The summed E-state index contributed by atoms with van der Waals surface area (Å²) in [5, 5.41) is 19.8. The molecule has 4 rings (SSSR count). The number of aliphatic hydroxyl groups is 1. The average Bonchev–Trinajstić information content (AvgIpc) is 3.63. The van der Waals surface area contributed by atoms with Crippen molar-refractivity contribution in [3.05, 3.63) is 51.1 Å². The van der Waals surface area contributed by atoms with Crippen LogP contribution in [0.1, 0.15) is 55.6 Å². The van der Waals surface area contributed by atoms with Gasteiger partial charge < -0.3 is 10.4 Å². The smallest absolute Gasteiger partial charge is 0.134 e. The van der Waals surface area contributed by atoms with Gasteiger partial charge in [0, 0.05) is 35.7 Å². The monoisotopic (exact) mass is 524 g/mol. The number of fused-ring (bicyclic) bond motifs is 1. The Morgan fingerprint density at radius 3 is 2.81 bits per heavy atom. The van der Waals surface area contributed by atoms with Crippen molar-refractivity contribution in [3.8, 4) is 0 Å². The summed E-state index contributed by atoms with van der Waals surface area (Å²) >= 11 is 3.40. The summed E-state index contributed by atoms with van der Waals surface area (Å²) in [4.78, 5) is 20.0. The molecule has 0 spiro atoms. The molecule has 2 unspecified atom stereocenters. The molecular formula is C27H36N6OS2. The van der Waals surface area contributed by atoms with E-state index in [1.54, 1.807) is 22.7 Å². The third-order valence-electron chi connectivity index (χ3n) is 6.78. The summed E-state index contributed by atoms with van der Waals surface area (Å²) in [6.07, 6.45) is 4.75. The number of thiazole rings is 1. The van der Waals surface area contributed by atoms with Gasteiger partial charge in [-0.15, -0.1) is 22.7 Å². The maximum Gasteiger partial charge on any atom is 0.134 e. The van der Waals surface area contributed by atoms with Crippen LogP contribution >= 0.6 is 22.7 Å². The molecule has 2 atom stereocenters. The fourth-order valence-corrected chi connectivity index (χ4v) is 6.57. The Kier molecular flexibility index (Phi) is 8.66. The van der Waals surface area contributed by atoms with E-state index in [0.29, 0.717) is 12.6 Å². The van der Waals surface area contributed by atoms with Crippen molar-refractivity contribution in [2.75, 3.05) is 19.8 Å². The molecule has 3 aromatic rings. The third-order valence-corrected chi connectivity index (χ3v) is 9.06. The number of pyridine rings is 1. The average molecular weight is 525 g/mol. The van der Waals surface area contributed by atoms with Crippen LogP contribution in [0, 0.1) is 12.8 Å². The third kappa shape index (κ3) is 6.08. The first-order chi connectivity index (χ1) is 17.3. The topological polar surface area (TPSA) is 94.8 Å². The summed E-state index contributed by atoms with van der Waals surface area (Å²) in [7, 11) is 0. The van der Waals surface area contributed by atoms with Crippen LogP contribution in [0.5, 0.6) is 0 Å². The fourth-order valence-electron chi connectivity index (χ4n) is 4.61. The Hall–Kier alpha value is -2.46. The SMILES string of the molecule is C=N/C(C)=C(\C(=N/CNCC(C)(C)c1cccs1)NC1CCC(CO)C1)c1nc2c(C)nccc2s1. The van der Waals surface area contributed by atoms with Crippen molar-refractivity contribution in [1.82, 2.24) is 20.6 Å². The molecule has 36 heavy (non-hydrogen) atoms. The second-order valence-corrected chi connectivity index (χ2v) is 12.0. The summed E-state index contributed by atoms with van der Waals surface area (Å²) < 4.78 is 1.09. The van der Waals surface area contributed by atoms with Crippen LogP contribution in [0.3, 0.4) is 0 Å². The zero-order chi connectivity index (χ0) is 25.7. The van der Waals surface area contributed by atoms with Crippen molar-refractivity contribution >= 4 is 51.0 Å². The highest BCUT2D eigenvalue weighted by molar-refractivity contribution is 7.19. The number of rotatable bonds is 10. The van der Waals surface area contributed by atoms with Gasteiger partial charge in [0.15, 0.2) is 0 Å². The van der Waals surface area contributed by atoms with Crippen LogP contribution in [0.25, 0.3) is 15.8 Å². The Balaban J connectivity index is 1.63. The molecule has 0 radical (unpaired) electrons. The zero-order valence-electron chi connectivity index (χ0n) is 21.5. The van der Waals surface area contributed by atoms with Crippen LogP contribution in [-0.4, -0.2) is 53.5 Å². The molecule has 0 aliphatic heterocycles. The molecule has 0 saturated heterocycles. The second kappa shape index (κ2) is 11.7. The summed E-state index contributed by atoms with van der Waals surface area (Å²) in [6.45, 7) is 13.7. The minimum atomic E-state index is 0.0197. The van der Waals surface area contributed by atoms with Crippen LogP contribution in [0.2, 0.25) is 0 Å². The molecular weight excluding hydrogens is 488 g/mol. The van der Waals surface area contributed by atoms with Crippen molar-refractivity contribution in [2.45, 2.75) is 58.4 Å². The summed E-state index contributed by atoms with van der Waals surface area (Å²) in [5.74, 6) is 1.10. The van der Waals surface area contributed by atoms with E-state index in [2.05, 4.69) is 58.7 Å². The number of aliphatic imine (C=N–C) groups is 2. The van der Waals surface area contributed by atoms with Crippen molar-refractivity contribution in [1.29, 1.82) is 0 Å². The maximum absolute atomic E-state index is 9.65. The highest BCUT2D eigenvalue weighted by Gasteiger charge is 2.27. The van der Waals surface area contributed by atoms with E-state index < -0.39 is 0 Å². The molecule has 3 heterocycles. The zero-order valence-corrected chi connectivity index (χ0v) is 23.2. The minimum absolute atomic E-state index is 0.0197. The lowest BCUT2D eigenvalue weighted by Crippen LogP contribution is -2.37. The summed E-state index contributed by atoms with van der Waals surface area (Å²) in [6, 6.07) is 6.53. The van der Waals surface area contributed by atoms with Gasteiger partial charge in [-0.25, -0.2) is 4.98 Å². The molecule has 3 N–H and O–H groups in total. The van der Waals surface area contributed by atoms with Gasteiger partial charge in [-0.05, 0) is 63.3 Å². The number of nitrogens with one attached hydrogen (secondary N) is 2. The van der Waals surface area contributed by atoms with E-state index in [-0.39, 0.29) is 18.1 Å². The molecule has 0 amide bonds. The highest BCUT2D eigenvalue weighted by Crippen LogP contribution is 2.32. The van der Waals surface area contributed by atoms with Crippen LogP contribution in [0.4, 0.5) is 0 Å². The van der Waals surface area contributed by atoms with E-state index in [9.17, 15) is 5.11 Å². The van der Waals surface area contributed by atoms with Crippen molar-refractivity contribution in [3.63, 3.8) is 0 Å². The molecule has 7 nitrogen and oxygen atoms in total. The first-order valence-corrected chi connectivity index (χ1v) is 14.1. The number of allylic oxidation sites excluding steroid dienone is 1. The van der Waals surface area contributed by atoms with Gasteiger partial charge in [0.25, 0.3) is 0 Å². The van der Waals surface area contributed by atoms with Gasteiger partial charge in [0.05, 0.1) is 28.3 Å². The van der Waals surface area contributed by atoms with Crippen LogP contribution in [-0.2, 0) is 5.41 Å². The highest BCUT2D eigenvalue weighted by atomic mass is 32.1. The largest absolute Gasteiger partial charge is 0.396 e. The molecule has 9 heteroatoms. The maximum atomic E-state index is 9.65. The molecule has 0 bridgehead atoms. The van der Waals surface area contributed by atoms with Gasteiger partial charge in [0.1, 0.15) is 16.4 Å². The molecule has 3 aromatic heterocycles. The standard InChI is InChI=1S/C27H36N6OS2/c1-17(28-5)23(26-33-24-18(2)30-11-10-21(24)36-26)25(32-20-9-8-19(13-20)14-34)31-16-29-15-27(3,4)22-7-6-12-35-22/h6-7,10-12,19-20,29,34H,5,8-9,13-16H2,1-4H3,(H,31,32)/b23-17+. The van der Waals surface area contributed by atoms with E-state index >= 15 is 0 Å². The number of amidine groups is 1. The van der Waals surface area contributed by atoms with Gasteiger partial charge in [0.2, 0.25) is 0 Å². The van der Waals surface area contributed by atoms with Gasteiger partial charge in [-0.2, -0.15) is 0 Å². The molecule has 1 fully saturated rings. The number of aryl methyl sites for hydroxylation is 1. The molecule has 192 valence electrons. The predicted octanol–water partition coefficient (Wildman–Crippen LogP) is 5.17. The Morgan fingerprint density at radius 1 is 1.31 bits per heavy atom. The summed E-state index contributed by atoms with van der Waals surface area (Å²) in [5.41, 5.74) is 3.48. The molecule has 1 saturated carbocycles. The van der Waals surface area contributed by atoms with E-state index in [0.717, 1.165) is 63.8 Å². The van der Waals surface area contributed by atoms with Gasteiger partial charge >= 0.3 is 0 Å². The van der Waals surface area contributed by atoms with E-state index in [1.807, 2.05) is 26.1 Å². The Morgan fingerprint density at radius 2 is 2.14 bits per heavy atom. The fraction of sp³-hybridized carbons (Fsp3) is 0.481. The molecule has 1 aliphatic rings. The quantitative estimate of drug-likeness (QED) is 0.193. The van der Waals surface area contributed by atoms with Crippen molar-refractivity contribution in [2.24, 2.45) is 15.9 Å². The molecule has 1 aliphatic carbocycles. The Labute approximate surface area is 221 Å². The lowest BCUT2D eigenvalue weighted by Gasteiger charge is -2.24. The minimum Gasteiger partial charge on any atom is -0.396 e. The van der Waals surface area contributed by atoms with E-state index in [4.69, 9.17) is 9.98 Å². The number of aromatic nitrogens is 2. The lowest BCUT2D eigenvalue weighted by atomic mass is 9.91. The predicted molar refractivity (Wildman–Crippen MR) is 153 cm³/mol. The van der Waals surface area contributed by atoms with Crippen LogP contribution in [0.15, 0.2) is 45.5 Å². The Bertz CT molecular complexity index is 1240. The van der Waals surface area contributed by atoms with Crippen LogP contribution < -0.4 is 10.6 Å². The number of hydrogen-bond acceptors (Lipinski definition) is 8. The normalized spacial score (nSPS) is 19.5.